The van der Waals surface area contributed by atoms with Crippen molar-refractivity contribution in [3.63, 3.8) is 0 Å². The maximum absolute atomic E-state index is 13.5. The van der Waals surface area contributed by atoms with Crippen LogP contribution in [0.3, 0.4) is 0 Å². The lowest BCUT2D eigenvalue weighted by atomic mass is 10.1. The van der Waals surface area contributed by atoms with Crippen molar-refractivity contribution >= 4 is 40.6 Å². The van der Waals surface area contributed by atoms with Crippen molar-refractivity contribution in [2.75, 3.05) is 44.2 Å². The Bertz CT molecular complexity index is 1480. The summed E-state index contributed by atoms with van der Waals surface area (Å²) in [6.07, 6.45) is 1.81. The number of rotatable bonds is 11. The number of hydrogen-bond donors (Lipinski definition) is 2. The van der Waals surface area contributed by atoms with E-state index in [2.05, 4.69) is 29.0 Å². The minimum absolute atomic E-state index is 0.0531. The zero-order valence-corrected chi connectivity index (χ0v) is 26.5. The molecule has 43 heavy (non-hydrogen) atoms. The van der Waals surface area contributed by atoms with Crippen LogP contribution in [-0.4, -0.2) is 82.5 Å². The van der Waals surface area contributed by atoms with E-state index in [4.69, 9.17) is 26.1 Å². The molecule has 0 spiro atoms. The number of benzene rings is 1. The Kier molecular flexibility index (Phi) is 10.7. The predicted octanol–water partition coefficient (Wildman–Crippen LogP) is 4.81. The standard InChI is InChI=1S/C31H43ClN6O5/c1-6-36(7-2)15-11-17-42-28(40)25-18-24-26(27(39)34-25)38(19-21-12-8-9-14-23(21)32)29(35-24)37-16-10-13-22(20-37)33-30(41)43-31(3,4)5/h8-9,12,14,18,22H,6-7,10-11,13,15-17,19-20H2,1-5H3,(H,33,41)(H,34,39)/t22-/m1/s1. The highest BCUT2D eigenvalue weighted by molar-refractivity contribution is 6.31. The zero-order chi connectivity index (χ0) is 31.1. The maximum Gasteiger partial charge on any atom is 0.407 e. The zero-order valence-electron chi connectivity index (χ0n) is 25.7. The molecule has 2 N–H and O–H groups in total. The molecule has 12 heteroatoms. The van der Waals surface area contributed by atoms with Gasteiger partial charge in [-0.15, -0.1) is 0 Å². The monoisotopic (exact) mass is 614 g/mol. The number of ether oxygens (including phenoxy) is 2. The molecular weight excluding hydrogens is 572 g/mol. The largest absolute Gasteiger partial charge is 0.461 e. The van der Waals surface area contributed by atoms with Gasteiger partial charge in [-0.05, 0) is 70.8 Å². The number of amides is 1. The van der Waals surface area contributed by atoms with Gasteiger partial charge in [-0.1, -0.05) is 43.6 Å². The molecule has 11 nitrogen and oxygen atoms in total. The van der Waals surface area contributed by atoms with E-state index in [-0.39, 0.29) is 18.3 Å². The maximum atomic E-state index is 13.5. The van der Waals surface area contributed by atoms with Gasteiger partial charge in [-0.25, -0.2) is 14.6 Å². The molecule has 0 bridgehead atoms. The molecule has 0 unspecified atom stereocenters. The summed E-state index contributed by atoms with van der Waals surface area (Å²) in [5.74, 6) is -0.0406. The van der Waals surface area contributed by atoms with Gasteiger partial charge < -0.3 is 34.1 Å². The van der Waals surface area contributed by atoms with Crippen LogP contribution in [0.25, 0.3) is 11.0 Å². The number of halogens is 1. The van der Waals surface area contributed by atoms with Crippen molar-refractivity contribution < 1.29 is 19.1 Å². The van der Waals surface area contributed by atoms with Crippen LogP contribution >= 0.6 is 11.6 Å². The first kappa shape index (κ1) is 32.3. The van der Waals surface area contributed by atoms with Gasteiger partial charge in [0, 0.05) is 30.7 Å². The first-order valence-corrected chi connectivity index (χ1v) is 15.4. The van der Waals surface area contributed by atoms with E-state index >= 15 is 0 Å². The van der Waals surface area contributed by atoms with E-state index in [1.165, 1.54) is 0 Å². The highest BCUT2D eigenvalue weighted by atomic mass is 35.5. The van der Waals surface area contributed by atoms with Crippen LogP contribution < -0.4 is 15.8 Å². The molecule has 1 aromatic carbocycles. The number of carbonyl (C=O) groups is 2. The normalized spacial score (nSPS) is 15.6. The predicted molar refractivity (Wildman–Crippen MR) is 168 cm³/mol. The molecule has 1 saturated heterocycles. The Morgan fingerprint density at radius 3 is 2.65 bits per heavy atom. The third-order valence-corrected chi connectivity index (χ3v) is 7.77. The van der Waals surface area contributed by atoms with Gasteiger partial charge in [0.15, 0.2) is 0 Å². The van der Waals surface area contributed by atoms with E-state index in [0.717, 1.165) is 38.0 Å². The third kappa shape index (κ3) is 8.51. The molecule has 234 valence electrons. The molecule has 1 aliphatic rings. The van der Waals surface area contributed by atoms with E-state index in [1.807, 2.05) is 48.4 Å². The molecule has 1 atom stereocenters. The van der Waals surface area contributed by atoms with Crippen LogP contribution in [0.1, 0.15) is 69.9 Å². The Morgan fingerprint density at radius 1 is 1.21 bits per heavy atom. The fourth-order valence-corrected chi connectivity index (χ4v) is 5.47. The van der Waals surface area contributed by atoms with Gasteiger partial charge in [0.05, 0.1) is 18.7 Å². The van der Waals surface area contributed by atoms with Crippen molar-refractivity contribution in [1.29, 1.82) is 0 Å². The lowest BCUT2D eigenvalue weighted by Gasteiger charge is -2.34. The van der Waals surface area contributed by atoms with E-state index in [1.54, 1.807) is 12.1 Å². The Balaban J connectivity index is 1.62. The van der Waals surface area contributed by atoms with Crippen LogP contribution in [0.15, 0.2) is 35.1 Å². The van der Waals surface area contributed by atoms with Gasteiger partial charge in [-0.2, -0.15) is 0 Å². The van der Waals surface area contributed by atoms with Gasteiger partial charge in [0.1, 0.15) is 16.8 Å². The van der Waals surface area contributed by atoms with Crippen LogP contribution in [0.5, 0.6) is 0 Å². The Labute approximate surface area is 257 Å². The van der Waals surface area contributed by atoms with E-state index in [0.29, 0.717) is 48.1 Å². The molecule has 2 aromatic heterocycles. The number of H-pyrrole nitrogens is 1. The van der Waals surface area contributed by atoms with Gasteiger partial charge in [0.25, 0.3) is 5.56 Å². The number of nitrogens with one attached hydrogen (secondary N) is 2. The van der Waals surface area contributed by atoms with Gasteiger partial charge in [-0.3, -0.25) is 4.79 Å². The second-order valence-corrected chi connectivity index (χ2v) is 12.2. The molecule has 3 aromatic rings. The summed E-state index contributed by atoms with van der Waals surface area (Å²) in [6, 6.07) is 8.84. The summed E-state index contributed by atoms with van der Waals surface area (Å²) >= 11 is 6.51. The lowest BCUT2D eigenvalue weighted by molar-refractivity contribution is 0.0477. The smallest absolute Gasteiger partial charge is 0.407 e. The number of fused-ring (bicyclic) bond motifs is 1. The molecule has 0 saturated carbocycles. The quantitative estimate of drug-likeness (QED) is 0.233. The molecule has 3 heterocycles. The molecule has 1 amide bonds. The van der Waals surface area contributed by atoms with Crippen LogP contribution in [0.4, 0.5) is 10.7 Å². The highest BCUT2D eigenvalue weighted by Crippen LogP contribution is 2.27. The minimum Gasteiger partial charge on any atom is -0.461 e. The first-order chi connectivity index (χ1) is 20.5. The summed E-state index contributed by atoms with van der Waals surface area (Å²) in [5.41, 5.74) is 0.530. The van der Waals surface area contributed by atoms with Crippen LogP contribution in [0, 0.1) is 0 Å². The van der Waals surface area contributed by atoms with Crippen molar-refractivity contribution in [1.82, 2.24) is 24.8 Å². The molecule has 1 fully saturated rings. The molecule has 0 aliphatic carbocycles. The molecule has 0 radical (unpaired) electrons. The second-order valence-electron chi connectivity index (χ2n) is 11.8. The minimum atomic E-state index is -0.605. The summed E-state index contributed by atoms with van der Waals surface area (Å²) in [6.45, 7) is 14.1. The Hall–Kier alpha value is -3.57. The summed E-state index contributed by atoms with van der Waals surface area (Å²) in [7, 11) is 0. The first-order valence-electron chi connectivity index (χ1n) is 15.0. The van der Waals surface area contributed by atoms with Crippen LogP contribution in [-0.2, 0) is 16.0 Å². The number of aromatic amines is 1. The average Bonchev–Trinajstić information content (AvgIpc) is 3.32. The number of alkyl carbamates (subject to hydrolysis) is 1. The van der Waals surface area contributed by atoms with Crippen molar-refractivity contribution in [3.05, 3.63) is 57.0 Å². The fraction of sp³-hybridized carbons (Fsp3) is 0.548. The van der Waals surface area contributed by atoms with Crippen molar-refractivity contribution in [2.24, 2.45) is 0 Å². The number of esters is 1. The number of anilines is 1. The fourth-order valence-electron chi connectivity index (χ4n) is 5.27. The number of pyridine rings is 1. The number of aromatic nitrogens is 3. The average molecular weight is 615 g/mol. The third-order valence-electron chi connectivity index (χ3n) is 7.40. The molecule has 1 aliphatic heterocycles. The number of nitrogens with zero attached hydrogens (tertiary/aromatic N) is 4. The topological polar surface area (TPSA) is 122 Å². The van der Waals surface area contributed by atoms with E-state index in [9.17, 15) is 14.4 Å². The molecular formula is C31H43ClN6O5. The summed E-state index contributed by atoms with van der Waals surface area (Å²) in [5, 5.41) is 3.54. The highest BCUT2D eigenvalue weighted by Gasteiger charge is 2.28. The van der Waals surface area contributed by atoms with Gasteiger partial charge >= 0.3 is 12.1 Å². The number of imidazole rings is 1. The Morgan fingerprint density at radius 2 is 1.95 bits per heavy atom. The van der Waals surface area contributed by atoms with Crippen molar-refractivity contribution in [2.45, 2.75) is 72.1 Å². The van der Waals surface area contributed by atoms with Gasteiger partial charge in [0.2, 0.25) is 5.95 Å². The lowest BCUT2D eigenvalue weighted by Crippen LogP contribution is -2.49. The number of hydrogen-bond acceptors (Lipinski definition) is 8. The SMILES string of the molecule is CCN(CC)CCCOC(=O)c1cc2nc(N3CCC[C@@H](NC(=O)OC(C)(C)C)C3)n(Cc3ccccc3Cl)c2c(=O)[nH]1. The molecule has 4 rings (SSSR count). The second kappa shape index (κ2) is 14.3. The summed E-state index contributed by atoms with van der Waals surface area (Å²) < 4.78 is 12.8. The van der Waals surface area contributed by atoms with Crippen molar-refractivity contribution in [3.8, 4) is 0 Å². The van der Waals surface area contributed by atoms with Crippen LogP contribution in [0.2, 0.25) is 5.02 Å². The number of carbonyl (C=O) groups excluding carboxylic acids is 2. The summed E-state index contributed by atoms with van der Waals surface area (Å²) in [4.78, 5) is 50.7. The van der Waals surface area contributed by atoms with E-state index < -0.39 is 23.2 Å². The number of piperidine rings is 1.